The summed E-state index contributed by atoms with van der Waals surface area (Å²) in [6.07, 6.45) is 1.54. The van der Waals surface area contributed by atoms with Crippen LogP contribution in [0.2, 0.25) is 0 Å². The van der Waals surface area contributed by atoms with E-state index in [0.29, 0.717) is 31.8 Å². The van der Waals surface area contributed by atoms with Crippen LogP contribution in [0.3, 0.4) is 0 Å². The summed E-state index contributed by atoms with van der Waals surface area (Å²) in [5.41, 5.74) is 0.181. The molecule has 0 unspecified atom stereocenters. The van der Waals surface area contributed by atoms with Gasteiger partial charge in [-0.15, -0.1) is 0 Å². The summed E-state index contributed by atoms with van der Waals surface area (Å²) in [4.78, 5) is 0. The zero-order valence-electron chi connectivity index (χ0n) is 11.4. The highest BCUT2D eigenvalue weighted by Gasteiger charge is 2.36. The average molecular weight is 288 g/mol. The van der Waals surface area contributed by atoms with Crippen molar-refractivity contribution in [2.24, 2.45) is 0 Å². The zero-order chi connectivity index (χ0) is 14.1. The molecule has 2 rings (SSSR count). The standard InChI is InChI=1S/C11H20N4O3S/c1-11(2)8-15(4-5-18-11)19(16,17)10-9(6-12-3)7-13-14-10/h7,12H,4-6,8H2,1-3H3,(H,13,14). The fourth-order valence-corrected chi connectivity index (χ4v) is 3.82. The Morgan fingerprint density at radius 2 is 2.32 bits per heavy atom. The maximum absolute atomic E-state index is 12.6. The SMILES string of the molecule is CNCc1cn[nH]c1S(=O)(=O)N1CCOC(C)(C)C1. The smallest absolute Gasteiger partial charge is 0.260 e. The van der Waals surface area contributed by atoms with Gasteiger partial charge < -0.3 is 10.1 Å². The van der Waals surface area contributed by atoms with E-state index in [4.69, 9.17) is 4.74 Å². The molecule has 0 aromatic carbocycles. The summed E-state index contributed by atoms with van der Waals surface area (Å²) in [6.45, 7) is 5.34. The summed E-state index contributed by atoms with van der Waals surface area (Å²) in [5, 5.41) is 9.53. The van der Waals surface area contributed by atoms with E-state index in [1.807, 2.05) is 13.8 Å². The number of nitrogens with zero attached hydrogens (tertiary/aromatic N) is 2. The molecule has 0 aliphatic carbocycles. The molecule has 108 valence electrons. The van der Waals surface area contributed by atoms with E-state index in [0.717, 1.165) is 0 Å². The number of nitrogens with one attached hydrogen (secondary N) is 2. The number of hydrogen-bond acceptors (Lipinski definition) is 5. The van der Waals surface area contributed by atoms with Crippen molar-refractivity contribution >= 4 is 10.0 Å². The van der Waals surface area contributed by atoms with Crippen LogP contribution in [0.4, 0.5) is 0 Å². The minimum Gasteiger partial charge on any atom is -0.373 e. The molecule has 1 aliphatic heterocycles. The summed E-state index contributed by atoms with van der Waals surface area (Å²) < 4.78 is 32.2. The molecule has 1 aliphatic rings. The molecule has 1 fully saturated rings. The van der Waals surface area contributed by atoms with E-state index in [1.54, 1.807) is 7.05 Å². The van der Waals surface area contributed by atoms with Crippen molar-refractivity contribution in [3.63, 3.8) is 0 Å². The van der Waals surface area contributed by atoms with Gasteiger partial charge in [-0.3, -0.25) is 5.10 Å². The highest BCUT2D eigenvalue weighted by Crippen LogP contribution is 2.24. The fourth-order valence-electron chi connectivity index (χ4n) is 2.15. The molecule has 0 bridgehead atoms. The topological polar surface area (TPSA) is 87.3 Å². The van der Waals surface area contributed by atoms with Gasteiger partial charge in [0.05, 0.1) is 18.4 Å². The average Bonchev–Trinajstić information content (AvgIpc) is 2.77. The number of aromatic nitrogens is 2. The molecule has 2 heterocycles. The number of ether oxygens (including phenoxy) is 1. The highest BCUT2D eigenvalue weighted by molar-refractivity contribution is 7.89. The number of rotatable bonds is 4. The Hall–Kier alpha value is -0.960. The number of H-pyrrole nitrogens is 1. The van der Waals surface area contributed by atoms with Gasteiger partial charge in [0.15, 0.2) is 5.03 Å². The Kier molecular flexibility index (Phi) is 3.95. The lowest BCUT2D eigenvalue weighted by molar-refractivity contribution is -0.0640. The Bertz CT molecular complexity index is 538. The summed E-state index contributed by atoms with van der Waals surface area (Å²) in [5.74, 6) is 0. The predicted octanol–water partition coefficient (Wildman–Crippen LogP) is -0.0714. The van der Waals surface area contributed by atoms with Gasteiger partial charge in [-0.1, -0.05) is 0 Å². The molecule has 0 radical (unpaired) electrons. The summed E-state index contributed by atoms with van der Waals surface area (Å²) >= 11 is 0. The second kappa shape index (κ2) is 5.20. The van der Waals surface area contributed by atoms with Gasteiger partial charge in [0.2, 0.25) is 0 Å². The first kappa shape index (κ1) is 14.4. The van der Waals surface area contributed by atoms with Crippen molar-refractivity contribution < 1.29 is 13.2 Å². The van der Waals surface area contributed by atoms with Crippen molar-refractivity contribution in [2.75, 3.05) is 26.7 Å². The third kappa shape index (κ3) is 2.97. The first-order valence-corrected chi connectivity index (χ1v) is 7.62. The Morgan fingerprint density at radius 1 is 1.58 bits per heavy atom. The van der Waals surface area contributed by atoms with Crippen molar-refractivity contribution in [1.82, 2.24) is 19.8 Å². The molecular formula is C11H20N4O3S. The van der Waals surface area contributed by atoms with Gasteiger partial charge in [0.1, 0.15) is 0 Å². The van der Waals surface area contributed by atoms with E-state index in [2.05, 4.69) is 15.5 Å². The molecule has 0 atom stereocenters. The minimum absolute atomic E-state index is 0.166. The van der Waals surface area contributed by atoms with Crippen LogP contribution in [0.5, 0.6) is 0 Å². The van der Waals surface area contributed by atoms with Crippen LogP contribution < -0.4 is 5.32 Å². The van der Waals surface area contributed by atoms with E-state index >= 15 is 0 Å². The number of aromatic amines is 1. The normalized spacial score (nSPS) is 20.6. The Morgan fingerprint density at radius 3 is 2.95 bits per heavy atom. The van der Waals surface area contributed by atoms with Crippen LogP contribution in [0, 0.1) is 0 Å². The number of sulfonamides is 1. The third-order valence-corrected chi connectivity index (χ3v) is 4.89. The summed E-state index contributed by atoms with van der Waals surface area (Å²) in [7, 11) is -1.78. The van der Waals surface area contributed by atoms with Gasteiger partial charge in [0.25, 0.3) is 10.0 Å². The predicted molar refractivity (Wildman–Crippen MR) is 70.1 cm³/mol. The molecule has 7 nitrogen and oxygen atoms in total. The fraction of sp³-hybridized carbons (Fsp3) is 0.727. The molecule has 19 heavy (non-hydrogen) atoms. The van der Waals surface area contributed by atoms with Crippen molar-refractivity contribution in [1.29, 1.82) is 0 Å². The molecular weight excluding hydrogens is 268 g/mol. The monoisotopic (exact) mass is 288 g/mol. The molecule has 0 amide bonds. The first-order valence-electron chi connectivity index (χ1n) is 6.18. The number of hydrogen-bond donors (Lipinski definition) is 2. The van der Waals surface area contributed by atoms with E-state index < -0.39 is 15.6 Å². The lowest BCUT2D eigenvalue weighted by atomic mass is 10.1. The first-order chi connectivity index (χ1) is 8.87. The van der Waals surface area contributed by atoms with E-state index in [-0.39, 0.29) is 5.03 Å². The van der Waals surface area contributed by atoms with Gasteiger partial charge in [-0.2, -0.15) is 9.40 Å². The zero-order valence-corrected chi connectivity index (χ0v) is 12.2. The van der Waals surface area contributed by atoms with Crippen molar-refractivity contribution in [3.05, 3.63) is 11.8 Å². The van der Waals surface area contributed by atoms with Gasteiger partial charge in [0, 0.05) is 25.2 Å². The lowest BCUT2D eigenvalue weighted by Gasteiger charge is -2.37. The van der Waals surface area contributed by atoms with Gasteiger partial charge >= 0.3 is 0 Å². The molecule has 0 saturated carbocycles. The molecule has 1 aromatic heterocycles. The second-order valence-corrected chi connectivity index (χ2v) is 7.08. The van der Waals surface area contributed by atoms with E-state index in [9.17, 15) is 8.42 Å². The van der Waals surface area contributed by atoms with Crippen molar-refractivity contribution in [3.8, 4) is 0 Å². The molecule has 1 saturated heterocycles. The van der Waals surface area contributed by atoms with Gasteiger partial charge in [-0.05, 0) is 20.9 Å². The second-order valence-electron chi connectivity index (χ2n) is 5.20. The molecule has 0 spiro atoms. The van der Waals surface area contributed by atoms with Crippen LogP contribution in [-0.4, -0.2) is 55.3 Å². The lowest BCUT2D eigenvalue weighted by Crippen LogP contribution is -2.50. The Balaban J connectivity index is 2.29. The van der Waals surface area contributed by atoms with Crippen LogP contribution in [-0.2, 0) is 21.3 Å². The maximum atomic E-state index is 12.6. The largest absolute Gasteiger partial charge is 0.373 e. The molecule has 8 heteroatoms. The Labute approximate surface area is 113 Å². The maximum Gasteiger partial charge on any atom is 0.260 e. The molecule has 1 aromatic rings. The third-order valence-electron chi connectivity index (χ3n) is 3.03. The van der Waals surface area contributed by atoms with Crippen LogP contribution >= 0.6 is 0 Å². The van der Waals surface area contributed by atoms with Crippen LogP contribution in [0.15, 0.2) is 11.2 Å². The summed E-state index contributed by atoms with van der Waals surface area (Å²) in [6, 6.07) is 0. The van der Waals surface area contributed by atoms with Crippen molar-refractivity contribution in [2.45, 2.75) is 31.0 Å². The van der Waals surface area contributed by atoms with Crippen LogP contribution in [0.25, 0.3) is 0 Å². The van der Waals surface area contributed by atoms with E-state index in [1.165, 1.54) is 10.5 Å². The highest BCUT2D eigenvalue weighted by atomic mass is 32.2. The van der Waals surface area contributed by atoms with Crippen LogP contribution in [0.1, 0.15) is 19.4 Å². The van der Waals surface area contributed by atoms with Gasteiger partial charge in [-0.25, -0.2) is 8.42 Å². The quantitative estimate of drug-likeness (QED) is 0.810. The molecule has 2 N–H and O–H groups in total. The number of morpholine rings is 1. The minimum atomic E-state index is -3.55.